The molecule has 0 amide bonds. The molecule has 1 aliphatic rings. The molecule has 9 heteroatoms. The largest absolute Gasteiger partial charge is 0.492 e. The topological polar surface area (TPSA) is 74.2 Å². The summed E-state index contributed by atoms with van der Waals surface area (Å²) < 4.78 is 8.76. The Labute approximate surface area is 204 Å². The van der Waals surface area contributed by atoms with Crippen LogP contribution < -0.4 is 10.1 Å². The molecule has 3 heterocycles. The van der Waals surface area contributed by atoms with Crippen LogP contribution in [0.4, 0.5) is 5.82 Å². The second kappa shape index (κ2) is 10.1. The number of aromatic nitrogens is 4. The average molecular weight is 478 g/mol. The van der Waals surface area contributed by atoms with Crippen molar-refractivity contribution < 1.29 is 4.74 Å². The van der Waals surface area contributed by atoms with E-state index in [0.29, 0.717) is 13.2 Å². The van der Waals surface area contributed by atoms with Crippen molar-refractivity contribution in [2.75, 3.05) is 51.7 Å². The van der Waals surface area contributed by atoms with Crippen LogP contribution >= 0.6 is 12.2 Å². The molecule has 0 spiro atoms. The molecular weight excluding hydrogens is 446 g/mol. The predicted molar refractivity (Wildman–Crippen MR) is 139 cm³/mol. The molecule has 0 bridgehead atoms. The SMILES string of the molecule is CCn1c(=S)[nH]c2cc3c(NCc4ccc(OCCN5CCN(C)CC5)cc4)ncnc3cc21. The number of H-pyrrole nitrogens is 1. The molecule has 2 aromatic carbocycles. The van der Waals surface area contributed by atoms with Crippen molar-refractivity contribution in [1.82, 2.24) is 29.3 Å². The number of hydrogen-bond donors (Lipinski definition) is 2. The number of rotatable bonds is 8. The van der Waals surface area contributed by atoms with E-state index >= 15 is 0 Å². The first-order valence-corrected chi connectivity index (χ1v) is 12.3. The fraction of sp³-hybridized carbons (Fsp3) is 0.400. The summed E-state index contributed by atoms with van der Waals surface area (Å²) in [6, 6.07) is 12.4. The van der Waals surface area contributed by atoms with Crippen LogP contribution in [-0.4, -0.2) is 75.7 Å². The molecule has 5 rings (SSSR count). The second-order valence-corrected chi connectivity index (χ2v) is 9.16. The molecular formula is C25H31N7OS. The van der Waals surface area contributed by atoms with Crippen molar-refractivity contribution in [2.24, 2.45) is 0 Å². The van der Waals surface area contributed by atoms with Crippen molar-refractivity contribution in [3.05, 3.63) is 53.1 Å². The smallest absolute Gasteiger partial charge is 0.178 e. The highest BCUT2D eigenvalue weighted by molar-refractivity contribution is 7.71. The maximum Gasteiger partial charge on any atom is 0.178 e. The van der Waals surface area contributed by atoms with Gasteiger partial charge in [-0.1, -0.05) is 12.1 Å². The van der Waals surface area contributed by atoms with Crippen LogP contribution in [0.3, 0.4) is 0 Å². The monoisotopic (exact) mass is 477 g/mol. The summed E-state index contributed by atoms with van der Waals surface area (Å²) in [7, 11) is 2.18. The van der Waals surface area contributed by atoms with Gasteiger partial charge in [-0.15, -0.1) is 0 Å². The van der Waals surface area contributed by atoms with Gasteiger partial charge in [-0.3, -0.25) is 4.90 Å². The van der Waals surface area contributed by atoms with E-state index in [2.05, 4.69) is 72.9 Å². The van der Waals surface area contributed by atoms with Gasteiger partial charge in [0.1, 0.15) is 24.5 Å². The fourth-order valence-corrected chi connectivity index (χ4v) is 4.75. The lowest BCUT2D eigenvalue weighted by Gasteiger charge is -2.32. The lowest BCUT2D eigenvalue weighted by molar-refractivity contribution is 0.134. The van der Waals surface area contributed by atoms with Crippen molar-refractivity contribution >= 4 is 40.0 Å². The molecule has 2 N–H and O–H groups in total. The number of anilines is 1. The number of hydrogen-bond acceptors (Lipinski definition) is 7. The van der Waals surface area contributed by atoms with Gasteiger partial charge in [0.25, 0.3) is 0 Å². The molecule has 34 heavy (non-hydrogen) atoms. The van der Waals surface area contributed by atoms with Gasteiger partial charge in [0.15, 0.2) is 4.77 Å². The summed E-state index contributed by atoms with van der Waals surface area (Å²) >= 11 is 5.45. The lowest BCUT2D eigenvalue weighted by atomic mass is 10.2. The Morgan fingerprint density at radius 3 is 2.65 bits per heavy atom. The molecule has 178 valence electrons. The molecule has 2 aromatic heterocycles. The number of likely N-dealkylation sites (N-methyl/N-ethyl adjacent to an activating group) is 1. The first-order valence-electron chi connectivity index (χ1n) is 11.8. The standard InChI is InChI=1S/C25H31N7OS/c1-3-32-23-15-21-20(14-22(23)29-25(32)34)24(28-17-27-21)26-16-18-4-6-19(7-5-18)33-13-12-31-10-8-30(2)9-11-31/h4-7,14-15,17H,3,8-13,16H2,1-2H3,(H,29,34)(H,26,27,28). The minimum atomic E-state index is 0.664. The number of fused-ring (bicyclic) bond motifs is 2. The molecule has 0 radical (unpaired) electrons. The Kier molecular flexibility index (Phi) is 6.75. The molecule has 8 nitrogen and oxygen atoms in total. The number of aromatic amines is 1. The zero-order valence-electron chi connectivity index (χ0n) is 19.8. The van der Waals surface area contributed by atoms with Crippen LogP contribution in [0.5, 0.6) is 5.75 Å². The van der Waals surface area contributed by atoms with Gasteiger partial charge in [0.2, 0.25) is 0 Å². The molecule has 0 saturated carbocycles. The van der Waals surface area contributed by atoms with Crippen molar-refractivity contribution in [1.29, 1.82) is 0 Å². The maximum atomic E-state index is 5.96. The maximum absolute atomic E-state index is 5.96. The van der Waals surface area contributed by atoms with Gasteiger partial charge in [0, 0.05) is 51.2 Å². The van der Waals surface area contributed by atoms with E-state index in [4.69, 9.17) is 17.0 Å². The van der Waals surface area contributed by atoms with Crippen molar-refractivity contribution in [3.63, 3.8) is 0 Å². The summed E-state index contributed by atoms with van der Waals surface area (Å²) in [6.45, 7) is 9.75. The third kappa shape index (κ3) is 4.91. The number of benzene rings is 2. The normalized spacial score (nSPS) is 15.2. The quantitative estimate of drug-likeness (QED) is 0.373. The third-order valence-corrected chi connectivity index (χ3v) is 6.82. The van der Waals surface area contributed by atoms with Crippen molar-refractivity contribution in [2.45, 2.75) is 20.0 Å². The second-order valence-electron chi connectivity index (χ2n) is 8.77. The summed E-state index contributed by atoms with van der Waals surface area (Å²) in [5, 5.41) is 4.43. The van der Waals surface area contributed by atoms with Gasteiger partial charge in [0.05, 0.1) is 16.6 Å². The predicted octanol–water partition coefficient (Wildman–Crippen LogP) is 3.90. The first-order chi connectivity index (χ1) is 16.6. The average Bonchev–Trinajstić information content (AvgIpc) is 3.17. The number of aryl methyl sites for hydroxylation is 1. The molecule has 0 atom stereocenters. The Morgan fingerprint density at radius 1 is 1.09 bits per heavy atom. The highest BCUT2D eigenvalue weighted by atomic mass is 32.1. The number of nitrogens with one attached hydrogen (secondary N) is 2. The summed E-state index contributed by atoms with van der Waals surface area (Å²) in [4.78, 5) is 17.1. The van der Waals surface area contributed by atoms with E-state index in [-0.39, 0.29) is 0 Å². The van der Waals surface area contributed by atoms with E-state index in [1.54, 1.807) is 6.33 Å². The minimum Gasteiger partial charge on any atom is -0.492 e. The highest BCUT2D eigenvalue weighted by Crippen LogP contribution is 2.26. The van der Waals surface area contributed by atoms with E-state index in [9.17, 15) is 0 Å². The highest BCUT2D eigenvalue weighted by Gasteiger charge is 2.13. The minimum absolute atomic E-state index is 0.664. The number of imidazole rings is 1. The van der Waals surface area contributed by atoms with Gasteiger partial charge in [-0.2, -0.15) is 0 Å². The van der Waals surface area contributed by atoms with Gasteiger partial charge >= 0.3 is 0 Å². The number of ether oxygens (including phenoxy) is 1. The van der Waals surface area contributed by atoms with Crippen LogP contribution in [0.1, 0.15) is 12.5 Å². The zero-order valence-corrected chi connectivity index (χ0v) is 20.6. The van der Waals surface area contributed by atoms with Gasteiger partial charge < -0.3 is 24.5 Å². The first kappa shape index (κ1) is 22.8. The molecule has 1 fully saturated rings. The van der Waals surface area contributed by atoms with E-state index < -0.39 is 0 Å². The Bertz CT molecular complexity index is 1320. The Morgan fingerprint density at radius 2 is 1.88 bits per heavy atom. The third-order valence-electron chi connectivity index (χ3n) is 6.50. The Hall–Kier alpha value is -3.01. The number of nitrogens with zero attached hydrogens (tertiary/aromatic N) is 5. The molecule has 0 aliphatic carbocycles. The number of piperazine rings is 1. The van der Waals surface area contributed by atoms with Crippen molar-refractivity contribution in [3.8, 4) is 5.75 Å². The van der Waals surface area contributed by atoms with Crippen LogP contribution in [0.15, 0.2) is 42.7 Å². The lowest BCUT2D eigenvalue weighted by Crippen LogP contribution is -2.45. The van der Waals surface area contributed by atoms with Crippen LogP contribution in [0.2, 0.25) is 0 Å². The zero-order chi connectivity index (χ0) is 23.5. The van der Waals surface area contributed by atoms with Crippen LogP contribution in [0, 0.1) is 4.77 Å². The fourth-order valence-electron chi connectivity index (χ4n) is 4.42. The summed E-state index contributed by atoms with van der Waals surface area (Å²) in [6.07, 6.45) is 1.60. The van der Waals surface area contributed by atoms with E-state index in [0.717, 1.165) is 83.1 Å². The van der Waals surface area contributed by atoms with E-state index in [1.165, 1.54) is 0 Å². The Balaban J connectivity index is 1.21. The molecule has 4 aromatic rings. The van der Waals surface area contributed by atoms with Crippen LogP contribution in [0.25, 0.3) is 21.9 Å². The van der Waals surface area contributed by atoms with Crippen LogP contribution in [-0.2, 0) is 13.1 Å². The molecule has 1 saturated heterocycles. The van der Waals surface area contributed by atoms with E-state index in [1.807, 2.05) is 12.1 Å². The van der Waals surface area contributed by atoms with Gasteiger partial charge in [-0.05, 0) is 56.0 Å². The summed E-state index contributed by atoms with van der Waals surface area (Å²) in [5.74, 6) is 1.71. The molecule has 0 unspecified atom stereocenters. The molecule has 1 aliphatic heterocycles. The van der Waals surface area contributed by atoms with Gasteiger partial charge in [-0.25, -0.2) is 9.97 Å². The summed E-state index contributed by atoms with van der Waals surface area (Å²) in [5.41, 5.74) is 4.12.